The van der Waals surface area contributed by atoms with E-state index in [2.05, 4.69) is 20.9 Å². The zero-order valence-corrected chi connectivity index (χ0v) is 18.9. The number of nitrogens with one attached hydrogen (secondary N) is 1. The Labute approximate surface area is 192 Å². The number of nitrogens with zero attached hydrogens (tertiary/aromatic N) is 2. The minimum Gasteiger partial charge on any atom is -0.497 e. The summed E-state index contributed by atoms with van der Waals surface area (Å²) in [5, 5.41) is 10.6. The predicted octanol–water partition coefficient (Wildman–Crippen LogP) is 4.69. The van der Waals surface area contributed by atoms with E-state index >= 15 is 0 Å². The minimum atomic E-state index is -0.418. The fourth-order valence-corrected chi connectivity index (χ4v) is 4.14. The van der Waals surface area contributed by atoms with Crippen LogP contribution < -0.4 is 14.2 Å². The topological polar surface area (TPSA) is 84.2 Å². The number of methoxy groups -OCH3 is 1. The van der Waals surface area contributed by atoms with Crippen molar-refractivity contribution in [3.63, 3.8) is 0 Å². The predicted molar refractivity (Wildman–Crippen MR) is 125 cm³/mol. The first-order valence-electron chi connectivity index (χ1n) is 9.30. The molecular weight excluding hydrogens is 482 g/mol. The van der Waals surface area contributed by atoms with Crippen molar-refractivity contribution in [3.8, 4) is 17.2 Å². The molecular formula is C22H18BrN3O4S. The lowest BCUT2D eigenvalue weighted by atomic mass is 10.1. The largest absolute Gasteiger partial charge is 0.497 e. The summed E-state index contributed by atoms with van der Waals surface area (Å²) >= 11 is 4.82. The molecule has 0 radical (unpaired) electrons. The monoisotopic (exact) mass is 499 g/mol. The molecule has 0 unspecified atom stereocenters. The Morgan fingerprint density at radius 1 is 1.16 bits per heavy atom. The molecule has 2 heterocycles. The Morgan fingerprint density at radius 2 is 1.97 bits per heavy atom. The summed E-state index contributed by atoms with van der Waals surface area (Å²) in [6.45, 7) is 0.731. The molecule has 2 aromatic carbocycles. The van der Waals surface area contributed by atoms with Gasteiger partial charge in [-0.3, -0.25) is 15.1 Å². The third-order valence-corrected chi connectivity index (χ3v) is 5.81. The van der Waals surface area contributed by atoms with E-state index in [-0.39, 0.29) is 11.4 Å². The number of thioether (sulfide) groups is 1. The normalized spacial score (nSPS) is 16.4. The molecule has 1 amide bonds. The summed E-state index contributed by atoms with van der Waals surface area (Å²) < 4.78 is 17.4. The molecule has 0 spiro atoms. The maximum atomic E-state index is 12.3. The molecule has 0 fully saturated rings. The first-order chi connectivity index (χ1) is 15.0. The van der Waals surface area contributed by atoms with Crippen LogP contribution in [0.25, 0.3) is 6.08 Å². The first-order valence-corrected chi connectivity index (χ1v) is 11.0. The number of amides is 1. The van der Waals surface area contributed by atoms with Gasteiger partial charge in [0.1, 0.15) is 36.3 Å². The first kappa shape index (κ1) is 21.2. The van der Waals surface area contributed by atoms with Crippen molar-refractivity contribution in [1.29, 1.82) is 5.41 Å². The number of ether oxygens (including phenoxy) is 3. The summed E-state index contributed by atoms with van der Waals surface area (Å²) in [7, 11) is 1.61. The van der Waals surface area contributed by atoms with E-state index in [0.29, 0.717) is 29.9 Å². The molecule has 0 aromatic heterocycles. The van der Waals surface area contributed by atoms with Crippen molar-refractivity contribution < 1.29 is 19.0 Å². The van der Waals surface area contributed by atoms with Gasteiger partial charge in [0.05, 0.1) is 17.2 Å². The molecule has 2 aliphatic heterocycles. The number of benzene rings is 2. The van der Waals surface area contributed by atoms with Crippen LogP contribution in [-0.4, -0.2) is 42.1 Å². The fraction of sp³-hybridized carbons (Fsp3) is 0.136. The van der Waals surface area contributed by atoms with Crippen molar-refractivity contribution >= 4 is 50.7 Å². The van der Waals surface area contributed by atoms with E-state index in [9.17, 15) is 4.79 Å². The second-order valence-corrected chi connectivity index (χ2v) is 8.17. The van der Waals surface area contributed by atoms with E-state index in [1.807, 2.05) is 36.4 Å². The van der Waals surface area contributed by atoms with E-state index < -0.39 is 5.91 Å². The molecule has 0 bridgehead atoms. The van der Waals surface area contributed by atoms with Gasteiger partial charge in [-0.25, -0.2) is 0 Å². The van der Waals surface area contributed by atoms with E-state index in [1.165, 1.54) is 11.8 Å². The minimum absolute atomic E-state index is 0.113. The number of aliphatic imine (C=N–C) groups is 1. The van der Waals surface area contributed by atoms with E-state index in [1.54, 1.807) is 35.8 Å². The summed E-state index contributed by atoms with van der Waals surface area (Å²) in [6, 6.07) is 12.8. The molecule has 158 valence electrons. The smallest absolute Gasteiger partial charge is 0.283 e. The van der Waals surface area contributed by atoms with Crippen LogP contribution in [-0.2, 0) is 4.79 Å². The lowest BCUT2D eigenvalue weighted by Gasteiger charge is -2.22. The van der Waals surface area contributed by atoms with E-state index in [0.717, 1.165) is 15.8 Å². The number of amidine groups is 2. The number of hydrogen-bond acceptors (Lipinski definition) is 6. The van der Waals surface area contributed by atoms with Crippen LogP contribution >= 0.6 is 27.7 Å². The SMILES string of the molecule is COc1cccc(OCCOc2ccc(/C=C3/C(=N)N4C=CSC4=NC3=O)cc2Br)c1. The van der Waals surface area contributed by atoms with Gasteiger partial charge in [0.2, 0.25) is 0 Å². The van der Waals surface area contributed by atoms with Gasteiger partial charge in [-0.2, -0.15) is 4.99 Å². The molecule has 0 atom stereocenters. The molecule has 9 heteroatoms. The van der Waals surface area contributed by atoms with Gasteiger partial charge in [-0.05, 0) is 57.2 Å². The summed E-state index contributed by atoms with van der Waals surface area (Å²) in [5.74, 6) is 1.79. The van der Waals surface area contributed by atoms with Gasteiger partial charge in [0, 0.05) is 12.3 Å². The van der Waals surface area contributed by atoms with Gasteiger partial charge < -0.3 is 14.2 Å². The number of halogens is 1. The highest BCUT2D eigenvalue weighted by atomic mass is 79.9. The highest BCUT2D eigenvalue weighted by molar-refractivity contribution is 9.10. The number of carbonyl (C=O) groups excluding carboxylic acids is 1. The number of hydrogen-bond donors (Lipinski definition) is 1. The van der Waals surface area contributed by atoms with Gasteiger partial charge >= 0.3 is 0 Å². The van der Waals surface area contributed by atoms with Gasteiger partial charge in [0.15, 0.2) is 5.17 Å². The van der Waals surface area contributed by atoms with Crippen LogP contribution in [0.5, 0.6) is 17.2 Å². The van der Waals surface area contributed by atoms with Gasteiger partial charge in [0.25, 0.3) is 5.91 Å². The average molecular weight is 500 g/mol. The maximum absolute atomic E-state index is 12.3. The molecule has 2 aromatic rings. The Hall–Kier alpha value is -3.04. The van der Waals surface area contributed by atoms with Crippen molar-refractivity contribution in [2.75, 3.05) is 20.3 Å². The third-order valence-electron chi connectivity index (χ3n) is 4.43. The van der Waals surface area contributed by atoms with Crippen molar-refractivity contribution in [2.24, 2.45) is 4.99 Å². The second-order valence-electron chi connectivity index (χ2n) is 6.44. The molecule has 0 saturated heterocycles. The van der Waals surface area contributed by atoms with E-state index in [4.69, 9.17) is 19.6 Å². The van der Waals surface area contributed by atoms with Gasteiger partial charge in [-0.15, -0.1) is 0 Å². The van der Waals surface area contributed by atoms with Crippen molar-refractivity contribution in [3.05, 3.63) is 69.7 Å². The van der Waals surface area contributed by atoms with Gasteiger partial charge in [-0.1, -0.05) is 23.9 Å². The van der Waals surface area contributed by atoms with Crippen LogP contribution in [0.3, 0.4) is 0 Å². The highest BCUT2D eigenvalue weighted by Crippen LogP contribution is 2.30. The summed E-state index contributed by atoms with van der Waals surface area (Å²) in [6.07, 6.45) is 3.38. The molecule has 7 nitrogen and oxygen atoms in total. The Kier molecular flexibility index (Phi) is 6.43. The second kappa shape index (κ2) is 9.40. The van der Waals surface area contributed by atoms with Crippen molar-refractivity contribution in [2.45, 2.75) is 0 Å². The zero-order chi connectivity index (χ0) is 21.8. The maximum Gasteiger partial charge on any atom is 0.283 e. The number of rotatable bonds is 7. The molecule has 2 aliphatic rings. The molecule has 0 aliphatic carbocycles. The number of carbonyl (C=O) groups is 1. The Balaban J connectivity index is 1.38. The lowest BCUT2D eigenvalue weighted by molar-refractivity contribution is -0.114. The molecule has 0 saturated carbocycles. The Bertz CT molecular complexity index is 1130. The van der Waals surface area contributed by atoms with Crippen molar-refractivity contribution in [1.82, 2.24) is 4.90 Å². The fourth-order valence-electron chi connectivity index (χ4n) is 2.92. The molecule has 31 heavy (non-hydrogen) atoms. The zero-order valence-electron chi connectivity index (χ0n) is 16.5. The highest BCUT2D eigenvalue weighted by Gasteiger charge is 2.31. The number of fused-ring (bicyclic) bond motifs is 1. The van der Waals surface area contributed by atoms with Crippen LogP contribution in [0.1, 0.15) is 5.56 Å². The van der Waals surface area contributed by atoms with Crippen LogP contribution in [0.4, 0.5) is 0 Å². The standard InChI is InChI=1S/C22H18BrN3O4S/c1-28-15-3-2-4-16(13-15)29-8-9-30-19-6-5-14(12-18(19)23)11-17-20(24)26-7-10-31-22(26)25-21(17)27/h2-7,10-13,24H,8-9H2,1H3/b17-11-,24-20?. The third kappa shape index (κ3) is 4.83. The average Bonchev–Trinajstić information content (AvgIpc) is 3.24. The van der Waals surface area contributed by atoms with Crippen LogP contribution in [0.2, 0.25) is 0 Å². The Morgan fingerprint density at radius 3 is 2.77 bits per heavy atom. The quantitative estimate of drug-likeness (QED) is 0.439. The molecule has 4 rings (SSSR count). The summed E-state index contributed by atoms with van der Waals surface area (Å²) in [5.41, 5.74) is 0.998. The van der Waals surface area contributed by atoms with Crippen LogP contribution in [0.15, 0.2) is 69.1 Å². The molecule has 1 N–H and O–H groups in total. The summed E-state index contributed by atoms with van der Waals surface area (Å²) in [4.78, 5) is 17.9. The lowest BCUT2D eigenvalue weighted by Crippen LogP contribution is -2.35. The van der Waals surface area contributed by atoms with Crippen LogP contribution in [0, 0.1) is 5.41 Å².